The fourth-order valence-electron chi connectivity index (χ4n) is 2.28. The van der Waals surface area contributed by atoms with E-state index in [1.165, 1.54) is 17.3 Å². The summed E-state index contributed by atoms with van der Waals surface area (Å²) in [6, 6.07) is 6.43. The summed E-state index contributed by atoms with van der Waals surface area (Å²) in [6.07, 6.45) is 0. The zero-order chi connectivity index (χ0) is 15.6. The van der Waals surface area contributed by atoms with Gasteiger partial charge in [-0.05, 0) is 6.07 Å². The standard InChI is InChI=1S/C13H17N3O3S2/c1-10(17)15-6-8-16(9-7-15)21(18,19)12-5-3-2-4-11(12)13(14)20/h2-5H,6-9H2,1H3,(H2,14,20). The highest BCUT2D eigenvalue weighted by molar-refractivity contribution is 7.89. The molecular formula is C13H17N3O3S2. The van der Waals surface area contributed by atoms with Gasteiger partial charge in [-0.25, -0.2) is 8.42 Å². The molecule has 8 heteroatoms. The van der Waals surface area contributed by atoms with Gasteiger partial charge in [0.1, 0.15) is 4.99 Å². The highest BCUT2D eigenvalue weighted by Crippen LogP contribution is 2.21. The lowest BCUT2D eigenvalue weighted by Gasteiger charge is -2.33. The SMILES string of the molecule is CC(=O)N1CCN(S(=O)(=O)c2ccccc2C(N)=S)CC1. The van der Waals surface area contributed by atoms with Crippen molar-refractivity contribution in [2.45, 2.75) is 11.8 Å². The van der Waals surface area contributed by atoms with Crippen molar-refractivity contribution in [1.82, 2.24) is 9.21 Å². The van der Waals surface area contributed by atoms with Gasteiger partial charge < -0.3 is 10.6 Å². The van der Waals surface area contributed by atoms with E-state index in [0.29, 0.717) is 18.7 Å². The Bertz CT molecular complexity index is 665. The monoisotopic (exact) mass is 327 g/mol. The van der Waals surface area contributed by atoms with Gasteiger partial charge in [-0.15, -0.1) is 0 Å². The van der Waals surface area contributed by atoms with E-state index in [-0.39, 0.29) is 28.9 Å². The summed E-state index contributed by atoms with van der Waals surface area (Å²) in [5.41, 5.74) is 5.95. The third kappa shape index (κ3) is 3.22. The van der Waals surface area contributed by atoms with Crippen LogP contribution in [0.3, 0.4) is 0 Å². The smallest absolute Gasteiger partial charge is 0.243 e. The van der Waals surface area contributed by atoms with Gasteiger partial charge in [-0.2, -0.15) is 4.31 Å². The molecule has 1 amide bonds. The summed E-state index contributed by atoms with van der Waals surface area (Å²) in [6.45, 7) is 2.81. The molecule has 1 aliphatic heterocycles. The number of hydrogen-bond acceptors (Lipinski definition) is 4. The molecular weight excluding hydrogens is 310 g/mol. The summed E-state index contributed by atoms with van der Waals surface area (Å²) in [5, 5.41) is 0. The van der Waals surface area contributed by atoms with Gasteiger partial charge in [0.2, 0.25) is 15.9 Å². The molecule has 0 unspecified atom stereocenters. The molecule has 0 aliphatic carbocycles. The van der Waals surface area contributed by atoms with E-state index in [4.69, 9.17) is 18.0 Å². The molecule has 0 radical (unpaired) electrons. The number of nitrogens with zero attached hydrogens (tertiary/aromatic N) is 2. The number of thiocarbonyl (C=S) groups is 1. The molecule has 1 aliphatic rings. The average Bonchev–Trinajstić information content (AvgIpc) is 2.47. The molecule has 21 heavy (non-hydrogen) atoms. The third-order valence-electron chi connectivity index (χ3n) is 3.45. The fourth-order valence-corrected chi connectivity index (χ4v) is 4.15. The highest BCUT2D eigenvalue weighted by Gasteiger charge is 2.31. The minimum absolute atomic E-state index is 0.0458. The molecule has 0 atom stereocenters. The van der Waals surface area contributed by atoms with Crippen LogP contribution in [0.25, 0.3) is 0 Å². The first-order valence-corrected chi connectivity index (χ1v) is 8.33. The van der Waals surface area contributed by atoms with E-state index in [1.54, 1.807) is 23.1 Å². The first kappa shape index (κ1) is 15.9. The number of sulfonamides is 1. The third-order valence-corrected chi connectivity index (χ3v) is 5.63. The average molecular weight is 327 g/mol. The van der Waals surface area contributed by atoms with Crippen LogP contribution in [0.2, 0.25) is 0 Å². The van der Waals surface area contributed by atoms with Gasteiger partial charge in [0.05, 0.1) is 4.90 Å². The Balaban J connectivity index is 2.28. The van der Waals surface area contributed by atoms with Gasteiger partial charge in [0.25, 0.3) is 0 Å². The molecule has 2 N–H and O–H groups in total. The van der Waals surface area contributed by atoms with Crippen LogP contribution in [-0.2, 0) is 14.8 Å². The first-order valence-electron chi connectivity index (χ1n) is 6.48. The Morgan fingerprint density at radius 1 is 1.19 bits per heavy atom. The minimum Gasteiger partial charge on any atom is -0.389 e. The number of rotatable bonds is 3. The van der Waals surface area contributed by atoms with Crippen molar-refractivity contribution >= 4 is 33.1 Å². The Morgan fingerprint density at radius 3 is 2.29 bits per heavy atom. The van der Waals surface area contributed by atoms with Crippen LogP contribution in [0.5, 0.6) is 0 Å². The topological polar surface area (TPSA) is 83.7 Å². The van der Waals surface area contributed by atoms with Crippen molar-refractivity contribution in [2.75, 3.05) is 26.2 Å². The van der Waals surface area contributed by atoms with Crippen LogP contribution < -0.4 is 5.73 Å². The predicted octanol–water partition coefficient (Wildman–Crippen LogP) is 0.174. The van der Waals surface area contributed by atoms with Crippen LogP contribution in [0.1, 0.15) is 12.5 Å². The lowest BCUT2D eigenvalue weighted by molar-refractivity contribution is -0.129. The van der Waals surface area contributed by atoms with Gasteiger partial charge in [0, 0.05) is 38.7 Å². The second-order valence-corrected chi connectivity index (χ2v) is 7.12. The fraction of sp³-hybridized carbons (Fsp3) is 0.385. The molecule has 0 spiro atoms. The molecule has 0 saturated carbocycles. The maximum Gasteiger partial charge on any atom is 0.243 e. The molecule has 2 rings (SSSR count). The largest absolute Gasteiger partial charge is 0.389 e. The molecule has 1 fully saturated rings. The van der Waals surface area contributed by atoms with Crippen LogP contribution in [0, 0.1) is 0 Å². The second-order valence-electron chi connectivity index (χ2n) is 4.77. The lowest BCUT2D eigenvalue weighted by Crippen LogP contribution is -2.50. The molecule has 0 bridgehead atoms. The second kappa shape index (κ2) is 6.08. The van der Waals surface area contributed by atoms with E-state index in [2.05, 4.69) is 0 Å². The van der Waals surface area contributed by atoms with Crippen molar-refractivity contribution in [3.05, 3.63) is 29.8 Å². The van der Waals surface area contributed by atoms with Crippen LogP contribution in [0.15, 0.2) is 29.2 Å². The van der Waals surface area contributed by atoms with Crippen LogP contribution in [-0.4, -0.2) is 54.7 Å². The van der Waals surface area contributed by atoms with Crippen LogP contribution >= 0.6 is 12.2 Å². The predicted molar refractivity (Wildman–Crippen MR) is 83.3 cm³/mol. The summed E-state index contributed by atoms with van der Waals surface area (Å²) in [7, 11) is -3.66. The van der Waals surface area contributed by atoms with Gasteiger partial charge in [-0.3, -0.25) is 4.79 Å². The van der Waals surface area contributed by atoms with Crippen LogP contribution in [0.4, 0.5) is 0 Å². The Labute approximate surface area is 129 Å². The Kier molecular flexibility index (Phi) is 4.60. The maximum atomic E-state index is 12.7. The van der Waals surface area contributed by atoms with Crippen molar-refractivity contribution in [2.24, 2.45) is 5.73 Å². The van der Waals surface area contributed by atoms with E-state index in [1.807, 2.05) is 0 Å². The normalized spacial score (nSPS) is 16.7. The highest BCUT2D eigenvalue weighted by atomic mass is 32.2. The van der Waals surface area contributed by atoms with Gasteiger partial charge in [-0.1, -0.05) is 30.4 Å². The van der Waals surface area contributed by atoms with E-state index in [9.17, 15) is 13.2 Å². The molecule has 0 aromatic heterocycles. The van der Waals surface area contributed by atoms with Gasteiger partial charge >= 0.3 is 0 Å². The number of piperazine rings is 1. The van der Waals surface area contributed by atoms with Crippen molar-refractivity contribution in [3.63, 3.8) is 0 Å². The minimum atomic E-state index is -3.66. The maximum absolute atomic E-state index is 12.7. The van der Waals surface area contributed by atoms with E-state index < -0.39 is 10.0 Å². The molecule has 1 heterocycles. The number of carbonyl (C=O) groups excluding carboxylic acids is 1. The van der Waals surface area contributed by atoms with Crippen molar-refractivity contribution in [3.8, 4) is 0 Å². The van der Waals surface area contributed by atoms with Crippen molar-refractivity contribution in [1.29, 1.82) is 0 Å². The summed E-state index contributed by atoms with van der Waals surface area (Å²) in [4.78, 5) is 13.1. The number of carbonyl (C=O) groups is 1. The van der Waals surface area contributed by atoms with Gasteiger partial charge in [0.15, 0.2) is 0 Å². The lowest BCUT2D eigenvalue weighted by atomic mass is 10.2. The summed E-state index contributed by atoms with van der Waals surface area (Å²) < 4.78 is 26.8. The zero-order valence-corrected chi connectivity index (χ0v) is 13.3. The number of hydrogen-bond donors (Lipinski definition) is 1. The summed E-state index contributed by atoms with van der Waals surface area (Å²) in [5.74, 6) is -0.0458. The number of benzene rings is 1. The first-order chi connectivity index (χ1) is 9.84. The molecule has 1 aromatic rings. The molecule has 114 valence electrons. The Hall–Kier alpha value is -1.51. The molecule has 6 nitrogen and oxygen atoms in total. The van der Waals surface area contributed by atoms with E-state index in [0.717, 1.165) is 0 Å². The number of nitrogens with two attached hydrogens (primary N) is 1. The zero-order valence-electron chi connectivity index (χ0n) is 11.7. The van der Waals surface area contributed by atoms with E-state index >= 15 is 0 Å². The Morgan fingerprint density at radius 2 is 1.76 bits per heavy atom. The summed E-state index contributed by atoms with van der Waals surface area (Å²) >= 11 is 4.91. The molecule has 1 aromatic carbocycles. The quantitative estimate of drug-likeness (QED) is 0.800. The van der Waals surface area contributed by atoms with Crippen molar-refractivity contribution < 1.29 is 13.2 Å². The molecule has 1 saturated heterocycles. The number of amides is 1.